The number of nitrogens with two attached hydrogens (primary N) is 1. The number of benzene rings is 2. The van der Waals surface area contributed by atoms with Gasteiger partial charge in [0.2, 0.25) is 0 Å². The Kier molecular flexibility index (Phi) is 3.64. The molecule has 0 aliphatic carbocycles. The molecule has 104 valence electrons. The summed E-state index contributed by atoms with van der Waals surface area (Å²) in [5.41, 5.74) is 10.7. The summed E-state index contributed by atoms with van der Waals surface area (Å²) in [6, 6.07) is 17.2. The number of piperidine rings is 1. The average Bonchev–Trinajstić information content (AvgIpc) is 2.48. The molecular formula is C18H22N2. The van der Waals surface area contributed by atoms with E-state index in [1.165, 1.54) is 29.7 Å². The Balaban J connectivity index is 1.78. The molecule has 1 fully saturated rings. The number of aryl methyl sites for hydroxylation is 1. The van der Waals surface area contributed by atoms with Gasteiger partial charge >= 0.3 is 0 Å². The van der Waals surface area contributed by atoms with Gasteiger partial charge in [-0.25, -0.2) is 0 Å². The molecule has 3 rings (SSSR count). The van der Waals surface area contributed by atoms with E-state index in [1.807, 2.05) is 12.1 Å². The lowest BCUT2D eigenvalue weighted by Gasteiger charge is -2.35. The lowest BCUT2D eigenvalue weighted by Crippen LogP contribution is -2.34. The van der Waals surface area contributed by atoms with Crippen LogP contribution < -0.4 is 10.6 Å². The molecule has 0 amide bonds. The fraction of sp³-hybridized carbons (Fsp3) is 0.333. The first-order valence-corrected chi connectivity index (χ1v) is 7.39. The van der Waals surface area contributed by atoms with Gasteiger partial charge in [0.15, 0.2) is 0 Å². The fourth-order valence-corrected chi connectivity index (χ4v) is 3.08. The van der Waals surface area contributed by atoms with Crippen LogP contribution in [0, 0.1) is 6.92 Å². The van der Waals surface area contributed by atoms with Gasteiger partial charge in [0.25, 0.3) is 0 Å². The molecule has 0 saturated carbocycles. The Morgan fingerprint density at radius 3 is 2.65 bits per heavy atom. The van der Waals surface area contributed by atoms with Gasteiger partial charge in [-0.2, -0.15) is 0 Å². The van der Waals surface area contributed by atoms with Crippen molar-refractivity contribution in [2.45, 2.75) is 25.7 Å². The standard InChI is InChI=1S/C18H22N2/c1-14-4-2-6-18(12-14)20-11-3-5-16(13-20)15-7-9-17(19)10-8-15/h2,4,6-10,12,16H,3,5,11,13,19H2,1H3. The number of hydrogen-bond acceptors (Lipinski definition) is 2. The fourth-order valence-electron chi connectivity index (χ4n) is 3.08. The highest BCUT2D eigenvalue weighted by atomic mass is 15.1. The maximum atomic E-state index is 5.78. The second-order valence-corrected chi connectivity index (χ2v) is 5.79. The minimum Gasteiger partial charge on any atom is -0.399 e. The molecule has 2 heteroatoms. The second-order valence-electron chi connectivity index (χ2n) is 5.79. The van der Waals surface area contributed by atoms with E-state index in [0.717, 1.165) is 18.8 Å². The van der Waals surface area contributed by atoms with Crippen molar-refractivity contribution < 1.29 is 0 Å². The maximum absolute atomic E-state index is 5.78. The van der Waals surface area contributed by atoms with Crippen molar-refractivity contribution in [2.24, 2.45) is 0 Å². The molecule has 1 aliphatic rings. The molecule has 1 saturated heterocycles. The number of nitrogens with zero attached hydrogens (tertiary/aromatic N) is 1. The summed E-state index contributed by atoms with van der Waals surface area (Å²) >= 11 is 0. The lowest BCUT2D eigenvalue weighted by molar-refractivity contribution is 0.510. The molecule has 1 unspecified atom stereocenters. The average molecular weight is 266 g/mol. The molecular weight excluding hydrogens is 244 g/mol. The third-order valence-corrected chi connectivity index (χ3v) is 4.20. The summed E-state index contributed by atoms with van der Waals surface area (Å²) in [7, 11) is 0. The summed E-state index contributed by atoms with van der Waals surface area (Å²) in [6.07, 6.45) is 2.52. The van der Waals surface area contributed by atoms with Crippen LogP contribution in [0.3, 0.4) is 0 Å². The first-order chi connectivity index (χ1) is 9.72. The van der Waals surface area contributed by atoms with E-state index < -0.39 is 0 Å². The van der Waals surface area contributed by atoms with Crippen molar-refractivity contribution in [2.75, 3.05) is 23.7 Å². The van der Waals surface area contributed by atoms with Crippen LogP contribution in [0.25, 0.3) is 0 Å². The van der Waals surface area contributed by atoms with E-state index in [1.54, 1.807) is 0 Å². The van der Waals surface area contributed by atoms with Crippen molar-refractivity contribution >= 4 is 11.4 Å². The zero-order valence-electron chi connectivity index (χ0n) is 12.0. The number of rotatable bonds is 2. The normalized spacial score (nSPS) is 19.1. The van der Waals surface area contributed by atoms with Crippen molar-refractivity contribution in [3.05, 3.63) is 59.7 Å². The highest BCUT2D eigenvalue weighted by Gasteiger charge is 2.21. The van der Waals surface area contributed by atoms with Gasteiger partial charge in [-0.05, 0) is 55.2 Å². The molecule has 20 heavy (non-hydrogen) atoms. The summed E-state index contributed by atoms with van der Waals surface area (Å²) in [5, 5.41) is 0. The van der Waals surface area contributed by atoms with Gasteiger partial charge in [-0.3, -0.25) is 0 Å². The van der Waals surface area contributed by atoms with Gasteiger partial charge in [0, 0.05) is 30.4 Å². The molecule has 2 nitrogen and oxygen atoms in total. The third-order valence-electron chi connectivity index (χ3n) is 4.20. The van der Waals surface area contributed by atoms with E-state index in [9.17, 15) is 0 Å². The van der Waals surface area contributed by atoms with Gasteiger partial charge in [0.1, 0.15) is 0 Å². The molecule has 1 atom stereocenters. The molecule has 2 N–H and O–H groups in total. The largest absolute Gasteiger partial charge is 0.399 e. The molecule has 0 spiro atoms. The van der Waals surface area contributed by atoms with Crippen molar-refractivity contribution in [3.63, 3.8) is 0 Å². The van der Waals surface area contributed by atoms with Gasteiger partial charge < -0.3 is 10.6 Å². The molecule has 0 aromatic heterocycles. The van der Waals surface area contributed by atoms with Crippen molar-refractivity contribution in [1.29, 1.82) is 0 Å². The molecule has 0 bridgehead atoms. The number of hydrogen-bond donors (Lipinski definition) is 1. The monoisotopic (exact) mass is 266 g/mol. The van der Waals surface area contributed by atoms with E-state index in [2.05, 4.69) is 48.2 Å². The van der Waals surface area contributed by atoms with Crippen LogP contribution in [-0.2, 0) is 0 Å². The predicted molar refractivity (Wildman–Crippen MR) is 86.2 cm³/mol. The molecule has 0 radical (unpaired) electrons. The minimum atomic E-state index is 0.616. The Hall–Kier alpha value is -1.96. The Labute approximate surface area is 121 Å². The van der Waals surface area contributed by atoms with Crippen molar-refractivity contribution in [1.82, 2.24) is 0 Å². The van der Waals surface area contributed by atoms with Crippen LogP contribution >= 0.6 is 0 Å². The topological polar surface area (TPSA) is 29.3 Å². The lowest BCUT2D eigenvalue weighted by atomic mass is 9.90. The zero-order chi connectivity index (χ0) is 13.9. The van der Waals surface area contributed by atoms with E-state index in [4.69, 9.17) is 5.73 Å². The summed E-state index contributed by atoms with van der Waals surface area (Å²) in [6.45, 7) is 4.42. The third kappa shape index (κ3) is 2.79. The number of nitrogen functional groups attached to an aromatic ring is 1. The van der Waals surface area contributed by atoms with E-state index in [0.29, 0.717) is 5.92 Å². The van der Waals surface area contributed by atoms with Crippen molar-refractivity contribution in [3.8, 4) is 0 Å². The highest BCUT2D eigenvalue weighted by molar-refractivity contribution is 5.49. The van der Waals surface area contributed by atoms with Gasteiger partial charge in [0.05, 0.1) is 0 Å². The minimum absolute atomic E-state index is 0.616. The van der Waals surface area contributed by atoms with Gasteiger partial charge in [-0.15, -0.1) is 0 Å². The van der Waals surface area contributed by atoms with E-state index in [-0.39, 0.29) is 0 Å². The first-order valence-electron chi connectivity index (χ1n) is 7.39. The van der Waals surface area contributed by atoms with Crippen LogP contribution in [0.5, 0.6) is 0 Å². The number of anilines is 2. The summed E-state index contributed by atoms with van der Waals surface area (Å²) < 4.78 is 0. The first kappa shape index (κ1) is 13.0. The molecule has 2 aromatic rings. The zero-order valence-corrected chi connectivity index (χ0v) is 12.0. The SMILES string of the molecule is Cc1cccc(N2CCCC(c3ccc(N)cc3)C2)c1. The molecule has 1 heterocycles. The smallest absolute Gasteiger partial charge is 0.0369 e. The van der Waals surface area contributed by atoms with E-state index >= 15 is 0 Å². The highest BCUT2D eigenvalue weighted by Crippen LogP contribution is 2.30. The van der Waals surface area contributed by atoms with Crippen LogP contribution in [0.1, 0.15) is 29.9 Å². The molecule has 2 aromatic carbocycles. The quantitative estimate of drug-likeness (QED) is 0.834. The van der Waals surface area contributed by atoms with Crippen LogP contribution in [-0.4, -0.2) is 13.1 Å². The Bertz CT molecular complexity index is 574. The molecule has 1 aliphatic heterocycles. The second kappa shape index (κ2) is 5.58. The van der Waals surface area contributed by atoms with Crippen LogP contribution in [0.15, 0.2) is 48.5 Å². The maximum Gasteiger partial charge on any atom is 0.0369 e. The predicted octanol–water partition coefficient (Wildman–Crippen LogP) is 3.96. The van der Waals surface area contributed by atoms with Crippen LogP contribution in [0.4, 0.5) is 11.4 Å². The van der Waals surface area contributed by atoms with Gasteiger partial charge in [-0.1, -0.05) is 24.3 Å². The Morgan fingerprint density at radius 1 is 1.10 bits per heavy atom. The summed E-state index contributed by atoms with van der Waals surface area (Å²) in [4.78, 5) is 2.51. The summed E-state index contributed by atoms with van der Waals surface area (Å²) in [5.74, 6) is 0.616. The van der Waals surface area contributed by atoms with Crippen LogP contribution in [0.2, 0.25) is 0 Å². The Morgan fingerprint density at radius 2 is 1.90 bits per heavy atom.